The molecule has 2 aromatic carbocycles. The van der Waals surface area contributed by atoms with E-state index in [1.807, 2.05) is 6.92 Å². The summed E-state index contributed by atoms with van der Waals surface area (Å²) in [5.41, 5.74) is 1.61. The van der Waals surface area contributed by atoms with Crippen molar-refractivity contribution >= 4 is 33.4 Å². The molecule has 1 atom stereocenters. The van der Waals surface area contributed by atoms with E-state index in [-0.39, 0.29) is 17.3 Å². The maximum absolute atomic E-state index is 13.3. The first-order valence-corrected chi connectivity index (χ1v) is 12.3. The van der Waals surface area contributed by atoms with Gasteiger partial charge in [-0.3, -0.25) is 9.59 Å². The van der Waals surface area contributed by atoms with Gasteiger partial charge in [0.1, 0.15) is 6.04 Å². The quantitative estimate of drug-likeness (QED) is 0.566. The van der Waals surface area contributed by atoms with Crippen molar-refractivity contribution in [1.82, 2.24) is 14.5 Å². The van der Waals surface area contributed by atoms with E-state index in [9.17, 15) is 18.0 Å². The summed E-state index contributed by atoms with van der Waals surface area (Å²) in [5.74, 6) is -0.777. The molecule has 0 fully saturated rings. The molecule has 7 nitrogen and oxygen atoms in total. The summed E-state index contributed by atoms with van der Waals surface area (Å²) < 4.78 is 26.9. The minimum atomic E-state index is -3.87. The van der Waals surface area contributed by atoms with E-state index in [0.717, 1.165) is 9.87 Å². The summed E-state index contributed by atoms with van der Waals surface area (Å²) in [6, 6.07) is 12.7. The monoisotopic (exact) mass is 479 g/mol. The lowest BCUT2D eigenvalue weighted by Gasteiger charge is -2.32. The van der Waals surface area contributed by atoms with Crippen LogP contribution in [0, 0.1) is 6.92 Å². The van der Waals surface area contributed by atoms with Crippen molar-refractivity contribution < 1.29 is 18.0 Å². The molecule has 32 heavy (non-hydrogen) atoms. The molecule has 1 N–H and O–H groups in total. The lowest BCUT2D eigenvalue weighted by molar-refractivity contribution is -0.141. The van der Waals surface area contributed by atoms with Gasteiger partial charge in [0.25, 0.3) is 0 Å². The van der Waals surface area contributed by atoms with Gasteiger partial charge < -0.3 is 10.2 Å². The highest BCUT2D eigenvalue weighted by molar-refractivity contribution is 7.89. The molecule has 0 aliphatic rings. The third kappa shape index (κ3) is 6.31. The van der Waals surface area contributed by atoms with Crippen LogP contribution in [0.3, 0.4) is 0 Å². The van der Waals surface area contributed by atoms with Gasteiger partial charge in [-0.05, 0) is 44.0 Å². The van der Waals surface area contributed by atoms with Gasteiger partial charge in [-0.2, -0.15) is 4.31 Å². The second-order valence-electron chi connectivity index (χ2n) is 7.51. The number of carbonyl (C=O) groups is 2. The molecule has 0 radical (unpaired) electrons. The number of carbonyl (C=O) groups excluding carboxylic acids is 2. The molecule has 2 aromatic rings. The predicted octanol–water partition coefficient (Wildman–Crippen LogP) is 3.21. The first kappa shape index (κ1) is 25.8. The molecule has 2 amide bonds. The third-order valence-electron chi connectivity index (χ3n) is 5.12. The van der Waals surface area contributed by atoms with Gasteiger partial charge in [0.15, 0.2) is 0 Å². The average Bonchev–Trinajstić information content (AvgIpc) is 2.75. The zero-order valence-electron chi connectivity index (χ0n) is 18.8. The minimum Gasteiger partial charge on any atom is -0.355 e. The third-order valence-corrected chi connectivity index (χ3v) is 7.31. The van der Waals surface area contributed by atoms with Gasteiger partial charge in [0.2, 0.25) is 21.8 Å². The zero-order chi connectivity index (χ0) is 23.9. The molecule has 0 heterocycles. The van der Waals surface area contributed by atoms with E-state index in [1.165, 1.54) is 24.1 Å². The lowest BCUT2D eigenvalue weighted by Crippen LogP contribution is -2.51. The molecule has 174 valence electrons. The molecular weight excluding hydrogens is 450 g/mol. The Kier molecular flexibility index (Phi) is 9.24. The predicted molar refractivity (Wildman–Crippen MR) is 126 cm³/mol. The van der Waals surface area contributed by atoms with E-state index in [1.54, 1.807) is 50.2 Å². The second-order valence-corrected chi connectivity index (χ2v) is 9.96. The maximum atomic E-state index is 13.3. The number of nitrogens with one attached hydrogen (secondary N) is 1. The lowest BCUT2D eigenvalue weighted by atomic mass is 10.1. The van der Waals surface area contributed by atoms with Crippen LogP contribution in [0.15, 0.2) is 53.4 Å². The van der Waals surface area contributed by atoms with E-state index in [0.29, 0.717) is 23.6 Å². The number of nitrogens with zero attached hydrogens (tertiary/aromatic N) is 2. The Morgan fingerprint density at radius 1 is 1.06 bits per heavy atom. The molecule has 0 unspecified atom stereocenters. The topological polar surface area (TPSA) is 86.8 Å². The van der Waals surface area contributed by atoms with Crippen LogP contribution < -0.4 is 5.32 Å². The van der Waals surface area contributed by atoms with Gasteiger partial charge in [0, 0.05) is 25.2 Å². The highest BCUT2D eigenvalue weighted by Gasteiger charge is 2.31. The average molecular weight is 480 g/mol. The first-order chi connectivity index (χ1) is 15.1. The number of benzene rings is 2. The normalized spacial score (nSPS) is 12.4. The van der Waals surface area contributed by atoms with E-state index < -0.39 is 28.5 Å². The summed E-state index contributed by atoms with van der Waals surface area (Å²) in [7, 11) is -2.51. The second kappa shape index (κ2) is 11.4. The zero-order valence-corrected chi connectivity index (χ0v) is 20.4. The molecule has 2 rings (SSSR count). The SMILES string of the molecule is CCNC(=O)[C@@H](CC)N(Cc1ccccc1Cl)C(=O)CN(C)S(=O)(=O)c1ccc(C)cc1. The molecular formula is C23H30ClN3O4S. The van der Waals surface area contributed by atoms with Crippen molar-refractivity contribution in [3.05, 3.63) is 64.7 Å². The highest BCUT2D eigenvalue weighted by Crippen LogP contribution is 2.21. The fraction of sp³-hybridized carbons (Fsp3) is 0.391. The number of hydrogen-bond donors (Lipinski definition) is 1. The van der Waals surface area contributed by atoms with Crippen molar-refractivity contribution in [3.8, 4) is 0 Å². The van der Waals surface area contributed by atoms with Gasteiger partial charge in [-0.15, -0.1) is 0 Å². The molecule has 0 spiro atoms. The standard InChI is InChI=1S/C23H30ClN3O4S/c1-5-21(23(29)25-6-2)27(15-18-9-7-8-10-20(18)24)22(28)16-26(4)32(30,31)19-13-11-17(3)12-14-19/h7-14,21H,5-6,15-16H2,1-4H3,(H,25,29)/t21-/m1/s1. The smallest absolute Gasteiger partial charge is 0.243 e. The minimum absolute atomic E-state index is 0.0898. The van der Waals surface area contributed by atoms with Crippen molar-refractivity contribution in [1.29, 1.82) is 0 Å². The molecule has 0 aromatic heterocycles. The Hall–Kier alpha value is -2.42. The van der Waals surface area contributed by atoms with Crippen LogP contribution in [-0.2, 0) is 26.2 Å². The number of amides is 2. The number of sulfonamides is 1. The Morgan fingerprint density at radius 2 is 1.69 bits per heavy atom. The molecule has 0 aliphatic carbocycles. The van der Waals surface area contributed by atoms with Gasteiger partial charge in [-0.25, -0.2) is 8.42 Å². The molecule has 9 heteroatoms. The largest absolute Gasteiger partial charge is 0.355 e. The number of aryl methyl sites for hydroxylation is 1. The van der Waals surface area contributed by atoms with Crippen molar-refractivity contribution in [2.45, 2.75) is 44.7 Å². The Labute approximate surface area is 195 Å². The van der Waals surface area contributed by atoms with Crippen LogP contribution in [0.4, 0.5) is 0 Å². The summed E-state index contributed by atoms with van der Waals surface area (Å²) >= 11 is 6.29. The number of rotatable bonds is 10. The molecule has 0 aliphatic heterocycles. The van der Waals surface area contributed by atoms with Crippen LogP contribution >= 0.6 is 11.6 Å². The fourth-order valence-electron chi connectivity index (χ4n) is 3.28. The van der Waals surface area contributed by atoms with Gasteiger partial charge >= 0.3 is 0 Å². The van der Waals surface area contributed by atoms with Crippen LogP contribution in [0.1, 0.15) is 31.4 Å². The fourth-order valence-corrected chi connectivity index (χ4v) is 4.59. The summed E-state index contributed by atoms with van der Waals surface area (Å²) in [5, 5.41) is 3.22. The Bertz CT molecular complexity index is 1040. The van der Waals surface area contributed by atoms with E-state index in [4.69, 9.17) is 11.6 Å². The molecule has 0 bridgehead atoms. The molecule has 0 saturated heterocycles. The summed E-state index contributed by atoms with van der Waals surface area (Å²) in [6.07, 6.45) is 0.371. The molecule has 0 saturated carbocycles. The van der Waals surface area contributed by atoms with E-state index in [2.05, 4.69) is 5.32 Å². The van der Waals surface area contributed by atoms with Crippen molar-refractivity contribution in [2.75, 3.05) is 20.1 Å². The van der Waals surface area contributed by atoms with Crippen molar-refractivity contribution in [3.63, 3.8) is 0 Å². The highest BCUT2D eigenvalue weighted by atomic mass is 35.5. The summed E-state index contributed by atoms with van der Waals surface area (Å²) in [6.45, 7) is 5.57. The number of hydrogen-bond acceptors (Lipinski definition) is 4. The van der Waals surface area contributed by atoms with Gasteiger partial charge in [0.05, 0.1) is 11.4 Å². The number of likely N-dealkylation sites (N-methyl/N-ethyl adjacent to an activating group) is 2. The van der Waals surface area contributed by atoms with Crippen LogP contribution in [0.25, 0.3) is 0 Å². The van der Waals surface area contributed by atoms with Gasteiger partial charge in [-0.1, -0.05) is 54.4 Å². The maximum Gasteiger partial charge on any atom is 0.243 e. The number of halogens is 1. The van der Waals surface area contributed by atoms with Crippen LogP contribution in [0.2, 0.25) is 5.02 Å². The first-order valence-electron chi connectivity index (χ1n) is 10.4. The Morgan fingerprint density at radius 3 is 2.25 bits per heavy atom. The summed E-state index contributed by atoms with van der Waals surface area (Å²) in [4.78, 5) is 27.5. The van der Waals surface area contributed by atoms with E-state index >= 15 is 0 Å². The van der Waals surface area contributed by atoms with Crippen LogP contribution in [0.5, 0.6) is 0 Å². The van der Waals surface area contributed by atoms with Crippen LogP contribution in [-0.4, -0.2) is 55.6 Å². The van der Waals surface area contributed by atoms with Crippen molar-refractivity contribution in [2.24, 2.45) is 0 Å². The Balaban J connectivity index is 2.33.